The van der Waals surface area contributed by atoms with Crippen LogP contribution in [0.25, 0.3) is 6.08 Å². The van der Waals surface area contributed by atoms with Gasteiger partial charge in [0.05, 0.1) is 0 Å². The van der Waals surface area contributed by atoms with Crippen molar-refractivity contribution in [1.29, 1.82) is 5.26 Å². The van der Waals surface area contributed by atoms with Crippen LogP contribution in [-0.4, -0.2) is 23.2 Å². The summed E-state index contributed by atoms with van der Waals surface area (Å²) < 4.78 is 19.2. The molecule has 3 aromatic rings. The Morgan fingerprint density at radius 3 is 2.47 bits per heavy atom. The summed E-state index contributed by atoms with van der Waals surface area (Å²) in [4.78, 5) is 12.6. The molecule has 0 amide bonds. The van der Waals surface area contributed by atoms with Gasteiger partial charge in [0, 0.05) is 31.2 Å². The van der Waals surface area contributed by atoms with Gasteiger partial charge in [0.1, 0.15) is 11.8 Å². The molecule has 30 heavy (non-hydrogen) atoms. The van der Waals surface area contributed by atoms with Gasteiger partial charge in [-0.1, -0.05) is 12.1 Å². The molecule has 0 aliphatic carbocycles. The Bertz CT molecular complexity index is 1120. The van der Waals surface area contributed by atoms with Crippen LogP contribution in [0.15, 0.2) is 59.5 Å². The van der Waals surface area contributed by atoms with E-state index in [-0.39, 0.29) is 0 Å². The molecule has 2 aromatic carbocycles. The van der Waals surface area contributed by atoms with E-state index in [4.69, 9.17) is 10.00 Å². The highest BCUT2D eigenvalue weighted by Gasteiger charge is 2.10. The van der Waals surface area contributed by atoms with Gasteiger partial charge in [-0.2, -0.15) is 14.6 Å². The van der Waals surface area contributed by atoms with Gasteiger partial charge in [-0.05, 0) is 66.4 Å². The first-order valence-corrected chi connectivity index (χ1v) is 9.17. The molecule has 150 valence electrons. The summed E-state index contributed by atoms with van der Waals surface area (Å²) in [5.74, 6) is 0.552. The standard InChI is InChI=1S/C23H20FN5O/c1-15-10-18(12-19(24)13-25)11-16(2)22(15)30-21-8-9-27-23(29-21)28-20-6-4-17(5-7-20)14-26-3/h4-12,14H,1-3H3,(H,27,28,29)/b19-12+,26-14?. The fourth-order valence-corrected chi connectivity index (χ4v) is 2.90. The molecule has 1 N–H and O–H groups in total. The number of hydrogen-bond donors (Lipinski definition) is 1. The summed E-state index contributed by atoms with van der Waals surface area (Å²) in [6, 6.07) is 14.3. The Hall–Kier alpha value is -4.05. The minimum Gasteiger partial charge on any atom is -0.438 e. The molecule has 0 saturated carbocycles. The van der Waals surface area contributed by atoms with Crippen LogP contribution in [0.2, 0.25) is 0 Å². The van der Waals surface area contributed by atoms with E-state index >= 15 is 0 Å². The molecule has 0 saturated heterocycles. The average molecular weight is 401 g/mol. The third-order valence-electron chi connectivity index (χ3n) is 4.16. The SMILES string of the molecule is CN=Cc1ccc(Nc2nccc(Oc3c(C)cc(/C=C(/F)C#N)cc3C)n2)cc1. The number of anilines is 2. The van der Waals surface area contributed by atoms with Crippen LogP contribution >= 0.6 is 0 Å². The Kier molecular flexibility index (Phi) is 6.50. The second-order valence-electron chi connectivity index (χ2n) is 6.54. The zero-order valence-electron chi connectivity index (χ0n) is 16.8. The third kappa shape index (κ3) is 5.26. The normalized spacial score (nSPS) is 11.4. The lowest BCUT2D eigenvalue weighted by Crippen LogP contribution is -2.00. The molecule has 0 bridgehead atoms. The molecular weight excluding hydrogens is 381 g/mol. The lowest BCUT2D eigenvalue weighted by atomic mass is 10.1. The van der Waals surface area contributed by atoms with Crippen molar-refractivity contribution in [2.75, 3.05) is 12.4 Å². The van der Waals surface area contributed by atoms with E-state index in [2.05, 4.69) is 20.3 Å². The molecule has 0 spiro atoms. The van der Waals surface area contributed by atoms with Crippen LogP contribution in [0.5, 0.6) is 11.6 Å². The van der Waals surface area contributed by atoms with E-state index in [1.807, 2.05) is 38.1 Å². The van der Waals surface area contributed by atoms with Gasteiger partial charge in [0.25, 0.3) is 0 Å². The highest BCUT2D eigenvalue weighted by molar-refractivity contribution is 5.80. The molecule has 0 fully saturated rings. The van der Waals surface area contributed by atoms with Crippen molar-refractivity contribution < 1.29 is 9.13 Å². The van der Waals surface area contributed by atoms with Crippen LogP contribution in [0, 0.1) is 25.2 Å². The lowest BCUT2D eigenvalue weighted by molar-refractivity contribution is 0.455. The fraction of sp³-hybridized carbons (Fsp3) is 0.130. The summed E-state index contributed by atoms with van der Waals surface area (Å²) in [7, 11) is 1.73. The maximum atomic E-state index is 13.3. The second kappa shape index (κ2) is 9.43. The largest absolute Gasteiger partial charge is 0.438 e. The number of aryl methyl sites for hydroxylation is 2. The van der Waals surface area contributed by atoms with Crippen LogP contribution in [-0.2, 0) is 0 Å². The minimum absolute atomic E-state index is 0.375. The molecule has 0 radical (unpaired) electrons. The number of nitrogens with one attached hydrogen (secondary N) is 1. The van der Waals surface area contributed by atoms with Gasteiger partial charge in [0.15, 0.2) is 0 Å². The number of benzene rings is 2. The predicted molar refractivity (Wildman–Crippen MR) is 116 cm³/mol. The predicted octanol–water partition coefficient (Wildman–Crippen LogP) is 5.51. The Labute approximate surface area is 174 Å². The fourth-order valence-electron chi connectivity index (χ4n) is 2.90. The topological polar surface area (TPSA) is 83.2 Å². The van der Waals surface area contributed by atoms with Gasteiger partial charge >= 0.3 is 0 Å². The molecule has 0 aliphatic heterocycles. The van der Waals surface area contributed by atoms with E-state index < -0.39 is 5.83 Å². The van der Waals surface area contributed by atoms with Crippen LogP contribution in [0.1, 0.15) is 22.3 Å². The van der Waals surface area contributed by atoms with Crippen molar-refractivity contribution in [3.8, 4) is 17.7 Å². The monoisotopic (exact) mass is 401 g/mol. The first-order chi connectivity index (χ1) is 14.5. The van der Waals surface area contributed by atoms with E-state index in [9.17, 15) is 4.39 Å². The van der Waals surface area contributed by atoms with Crippen molar-refractivity contribution in [1.82, 2.24) is 9.97 Å². The van der Waals surface area contributed by atoms with Gasteiger partial charge in [-0.3, -0.25) is 4.99 Å². The lowest BCUT2D eigenvalue weighted by Gasteiger charge is -2.13. The number of halogens is 1. The number of hydrogen-bond acceptors (Lipinski definition) is 6. The average Bonchev–Trinajstić information content (AvgIpc) is 2.72. The minimum atomic E-state index is -0.844. The number of rotatable bonds is 6. The molecule has 7 heteroatoms. The Morgan fingerprint density at radius 1 is 1.13 bits per heavy atom. The third-order valence-corrected chi connectivity index (χ3v) is 4.16. The Morgan fingerprint density at radius 2 is 1.83 bits per heavy atom. The number of aliphatic imine (C=N–C) groups is 1. The van der Waals surface area contributed by atoms with Crippen molar-refractivity contribution >= 4 is 23.9 Å². The van der Waals surface area contributed by atoms with Crippen LogP contribution in [0.4, 0.5) is 16.0 Å². The molecule has 6 nitrogen and oxygen atoms in total. The van der Waals surface area contributed by atoms with Gasteiger partial charge in [-0.15, -0.1) is 0 Å². The van der Waals surface area contributed by atoms with E-state index in [0.717, 1.165) is 22.4 Å². The van der Waals surface area contributed by atoms with Crippen molar-refractivity contribution in [2.45, 2.75) is 13.8 Å². The zero-order valence-corrected chi connectivity index (χ0v) is 16.8. The van der Waals surface area contributed by atoms with Crippen molar-refractivity contribution in [3.63, 3.8) is 0 Å². The molecular formula is C23H20FN5O. The number of nitrogens with zero attached hydrogens (tertiary/aromatic N) is 4. The van der Waals surface area contributed by atoms with Gasteiger partial charge < -0.3 is 10.1 Å². The zero-order chi connectivity index (χ0) is 21.5. The van der Waals surface area contributed by atoms with E-state index in [1.54, 1.807) is 37.7 Å². The molecule has 1 aromatic heterocycles. The summed E-state index contributed by atoms with van der Waals surface area (Å²) in [6.07, 6.45) is 4.57. The first kappa shape index (κ1) is 20.7. The number of nitriles is 1. The smallest absolute Gasteiger partial charge is 0.230 e. The van der Waals surface area contributed by atoms with E-state index in [0.29, 0.717) is 23.1 Å². The maximum absolute atomic E-state index is 13.3. The summed E-state index contributed by atoms with van der Waals surface area (Å²) in [5, 5.41) is 11.7. The summed E-state index contributed by atoms with van der Waals surface area (Å²) in [5.41, 5.74) is 4.03. The second-order valence-corrected chi connectivity index (χ2v) is 6.54. The highest BCUT2D eigenvalue weighted by atomic mass is 19.1. The van der Waals surface area contributed by atoms with Crippen LogP contribution < -0.4 is 10.1 Å². The van der Waals surface area contributed by atoms with E-state index in [1.165, 1.54) is 12.1 Å². The molecule has 0 atom stereocenters. The Balaban J connectivity index is 1.79. The molecule has 0 unspecified atom stereocenters. The van der Waals surface area contributed by atoms with Crippen molar-refractivity contribution in [3.05, 3.63) is 76.7 Å². The molecule has 3 rings (SSSR count). The molecule has 1 heterocycles. The first-order valence-electron chi connectivity index (χ1n) is 9.17. The maximum Gasteiger partial charge on any atom is 0.230 e. The van der Waals surface area contributed by atoms with Crippen molar-refractivity contribution in [2.24, 2.45) is 4.99 Å². The van der Waals surface area contributed by atoms with Gasteiger partial charge in [-0.25, -0.2) is 4.98 Å². The van der Waals surface area contributed by atoms with Crippen LogP contribution in [0.3, 0.4) is 0 Å². The number of aromatic nitrogens is 2. The molecule has 0 aliphatic rings. The summed E-state index contributed by atoms with van der Waals surface area (Å²) in [6.45, 7) is 3.71. The van der Waals surface area contributed by atoms with Gasteiger partial charge in [0.2, 0.25) is 17.7 Å². The summed E-state index contributed by atoms with van der Waals surface area (Å²) >= 11 is 0. The number of allylic oxidation sites excluding steroid dienone is 1. The highest BCUT2D eigenvalue weighted by Crippen LogP contribution is 2.30. The quantitative estimate of drug-likeness (QED) is 0.435. The number of ether oxygens (including phenoxy) is 1.